The second kappa shape index (κ2) is 6.36. The van der Waals surface area contributed by atoms with Gasteiger partial charge < -0.3 is 4.57 Å². The van der Waals surface area contributed by atoms with Gasteiger partial charge in [-0.15, -0.1) is 11.8 Å². The van der Waals surface area contributed by atoms with Crippen LogP contribution in [0.5, 0.6) is 0 Å². The van der Waals surface area contributed by atoms with Crippen molar-refractivity contribution >= 4 is 11.8 Å². The van der Waals surface area contributed by atoms with Gasteiger partial charge in [0, 0.05) is 23.4 Å². The minimum Gasteiger partial charge on any atom is -0.330 e. The molecule has 2 aromatic rings. The summed E-state index contributed by atoms with van der Waals surface area (Å²) in [4.78, 5) is 6.11. The van der Waals surface area contributed by atoms with Crippen LogP contribution in [0, 0.1) is 11.3 Å². The summed E-state index contributed by atoms with van der Waals surface area (Å²) in [5.41, 5.74) is 3.21. The quantitative estimate of drug-likeness (QED) is 0.802. The molecule has 1 aromatic heterocycles. The first-order valence-electron chi connectivity index (χ1n) is 7.43. The molecule has 0 unspecified atom stereocenters. The van der Waals surface area contributed by atoms with Crippen LogP contribution in [0.2, 0.25) is 0 Å². The average molecular weight is 297 g/mol. The number of hydrogen-bond acceptors (Lipinski definition) is 3. The Morgan fingerprint density at radius 1 is 1.24 bits per heavy atom. The molecule has 0 radical (unpaired) electrons. The summed E-state index contributed by atoms with van der Waals surface area (Å²) in [5, 5.41) is 9.17. The van der Waals surface area contributed by atoms with Crippen LogP contribution in [0.4, 0.5) is 0 Å². The molecule has 108 valence electrons. The third kappa shape index (κ3) is 2.84. The summed E-state index contributed by atoms with van der Waals surface area (Å²) in [6.07, 6.45) is 7.19. The van der Waals surface area contributed by atoms with Crippen molar-refractivity contribution in [2.45, 2.75) is 43.5 Å². The highest BCUT2D eigenvalue weighted by molar-refractivity contribution is 7.98. The first-order chi connectivity index (χ1) is 10.3. The minimum atomic E-state index is 0.437. The highest BCUT2D eigenvalue weighted by atomic mass is 32.2. The van der Waals surface area contributed by atoms with Gasteiger partial charge in [-0.2, -0.15) is 5.26 Å². The fourth-order valence-corrected chi connectivity index (χ4v) is 3.36. The molecule has 0 N–H and O–H groups in total. The van der Waals surface area contributed by atoms with Crippen molar-refractivity contribution in [3.05, 3.63) is 35.8 Å². The molecule has 0 saturated heterocycles. The Morgan fingerprint density at radius 3 is 2.76 bits per heavy atom. The maximum absolute atomic E-state index is 9.17. The van der Waals surface area contributed by atoms with Crippen LogP contribution >= 0.6 is 11.8 Å². The lowest BCUT2D eigenvalue weighted by Crippen LogP contribution is -2.05. The Morgan fingerprint density at radius 2 is 2.05 bits per heavy atom. The van der Waals surface area contributed by atoms with Crippen LogP contribution in [-0.2, 0) is 19.4 Å². The first kappa shape index (κ1) is 14.2. The van der Waals surface area contributed by atoms with Crippen LogP contribution in [0.15, 0.2) is 29.2 Å². The standard InChI is InChI=1S/C17H19N3S/c1-21-14-8-6-13(7-9-14)17-15(10-11-18)20-12-4-2-3-5-16(20)19-17/h6-9H,2-5,10,12H2,1H3. The highest BCUT2D eigenvalue weighted by Crippen LogP contribution is 2.29. The average Bonchev–Trinajstić information content (AvgIpc) is 2.71. The van der Waals surface area contributed by atoms with Gasteiger partial charge in [0.05, 0.1) is 23.9 Å². The van der Waals surface area contributed by atoms with Gasteiger partial charge in [-0.05, 0) is 31.2 Å². The number of aromatic nitrogens is 2. The van der Waals surface area contributed by atoms with Crippen LogP contribution < -0.4 is 0 Å². The highest BCUT2D eigenvalue weighted by Gasteiger charge is 2.19. The van der Waals surface area contributed by atoms with Gasteiger partial charge >= 0.3 is 0 Å². The van der Waals surface area contributed by atoms with E-state index in [4.69, 9.17) is 10.2 Å². The van der Waals surface area contributed by atoms with Gasteiger partial charge in [-0.1, -0.05) is 18.6 Å². The molecular weight excluding hydrogens is 278 g/mol. The second-order valence-electron chi connectivity index (χ2n) is 5.35. The molecule has 0 spiro atoms. The summed E-state index contributed by atoms with van der Waals surface area (Å²) >= 11 is 1.74. The SMILES string of the molecule is CSc1ccc(-c2nc3n(c2CC#N)CCCCC3)cc1. The van der Waals surface area contributed by atoms with Gasteiger partial charge in [0.2, 0.25) is 0 Å². The maximum atomic E-state index is 9.17. The van der Waals surface area contributed by atoms with E-state index in [2.05, 4.69) is 41.2 Å². The molecule has 21 heavy (non-hydrogen) atoms. The molecule has 4 heteroatoms. The lowest BCUT2D eigenvalue weighted by Gasteiger charge is -2.07. The molecule has 0 atom stereocenters. The van der Waals surface area contributed by atoms with Crippen molar-refractivity contribution in [2.24, 2.45) is 0 Å². The smallest absolute Gasteiger partial charge is 0.109 e. The molecule has 2 heterocycles. The van der Waals surface area contributed by atoms with Crippen molar-refractivity contribution in [2.75, 3.05) is 6.26 Å². The minimum absolute atomic E-state index is 0.437. The summed E-state index contributed by atoms with van der Waals surface area (Å²) in [6, 6.07) is 10.8. The Balaban J connectivity index is 2.06. The van der Waals surface area contributed by atoms with Crippen molar-refractivity contribution in [3.8, 4) is 17.3 Å². The van der Waals surface area contributed by atoms with E-state index in [1.54, 1.807) is 11.8 Å². The predicted octanol–water partition coefficient (Wildman–Crippen LogP) is 4.06. The molecule has 1 aliphatic heterocycles. The van der Waals surface area contributed by atoms with Gasteiger partial charge in [0.15, 0.2) is 0 Å². The van der Waals surface area contributed by atoms with E-state index in [9.17, 15) is 0 Å². The van der Waals surface area contributed by atoms with Gasteiger partial charge in [0.25, 0.3) is 0 Å². The zero-order valence-corrected chi connectivity index (χ0v) is 13.1. The van der Waals surface area contributed by atoms with E-state index in [0.717, 1.165) is 35.7 Å². The normalized spacial score (nSPS) is 14.3. The molecule has 0 amide bonds. The molecule has 0 fully saturated rings. The third-order valence-corrected chi connectivity index (χ3v) is 4.79. The topological polar surface area (TPSA) is 41.6 Å². The summed E-state index contributed by atoms with van der Waals surface area (Å²) in [6.45, 7) is 1.00. The summed E-state index contributed by atoms with van der Waals surface area (Å²) < 4.78 is 2.29. The Labute approximate surface area is 130 Å². The number of fused-ring (bicyclic) bond motifs is 1. The van der Waals surface area contributed by atoms with Crippen molar-refractivity contribution in [1.29, 1.82) is 5.26 Å². The zero-order valence-electron chi connectivity index (χ0n) is 12.3. The molecule has 0 aliphatic carbocycles. The number of benzene rings is 1. The Hall–Kier alpha value is -1.73. The fourth-order valence-electron chi connectivity index (χ4n) is 2.96. The zero-order chi connectivity index (χ0) is 14.7. The molecule has 3 rings (SSSR count). The largest absolute Gasteiger partial charge is 0.330 e. The Kier molecular flexibility index (Phi) is 4.31. The third-order valence-electron chi connectivity index (χ3n) is 4.04. The molecule has 1 aromatic carbocycles. The van der Waals surface area contributed by atoms with Crippen LogP contribution in [0.3, 0.4) is 0 Å². The van der Waals surface area contributed by atoms with E-state index in [1.165, 1.54) is 24.2 Å². The van der Waals surface area contributed by atoms with E-state index in [1.807, 2.05) is 0 Å². The monoisotopic (exact) mass is 297 g/mol. The number of rotatable bonds is 3. The lowest BCUT2D eigenvalue weighted by atomic mass is 10.1. The Bertz CT molecular complexity index is 665. The second-order valence-corrected chi connectivity index (χ2v) is 6.23. The van der Waals surface area contributed by atoms with E-state index < -0.39 is 0 Å². The van der Waals surface area contributed by atoms with Crippen molar-refractivity contribution in [3.63, 3.8) is 0 Å². The molecular formula is C17H19N3S. The number of aryl methyl sites for hydroxylation is 1. The van der Waals surface area contributed by atoms with Crippen molar-refractivity contribution in [1.82, 2.24) is 9.55 Å². The molecule has 0 saturated carbocycles. The van der Waals surface area contributed by atoms with E-state index >= 15 is 0 Å². The van der Waals surface area contributed by atoms with Crippen LogP contribution in [0.25, 0.3) is 11.3 Å². The van der Waals surface area contributed by atoms with Crippen molar-refractivity contribution < 1.29 is 0 Å². The first-order valence-corrected chi connectivity index (χ1v) is 8.65. The number of nitrogens with zero attached hydrogens (tertiary/aromatic N) is 3. The van der Waals surface area contributed by atoms with Crippen LogP contribution in [-0.4, -0.2) is 15.8 Å². The number of nitriles is 1. The predicted molar refractivity (Wildman–Crippen MR) is 86.3 cm³/mol. The maximum Gasteiger partial charge on any atom is 0.109 e. The summed E-state index contributed by atoms with van der Waals surface area (Å²) in [5.74, 6) is 1.15. The van der Waals surface area contributed by atoms with Crippen LogP contribution in [0.1, 0.15) is 30.8 Å². The fraction of sp³-hybridized carbons (Fsp3) is 0.412. The molecule has 3 nitrogen and oxygen atoms in total. The van der Waals surface area contributed by atoms with Gasteiger partial charge in [-0.25, -0.2) is 4.98 Å². The number of imidazole rings is 1. The molecule has 0 bridgehead atoms. The van der Waals surface area contributed by atoms with Gasteiger partial charge in [-0.3, -0.25) is 0 Å². The van der Waals surface area contributed by atoms with E-state index in [0.29, 0.717) is 6.42 Å². The number of hydrogen-bond donors (Lipinski definition) is 0. The lowest BCUT2D eigenvalue weighted by molar-refractivity contribution is 0.619. The summed E-state index contributed by atoms with van der Waals surface area (Å²) in [7, 11) is 0. The number of thioether (sulfide) groups is 1. The molecule has 1 aliphatic rings. The van der Waals surface area contributed by atoms with E-state index in [-0.39, 0.29) is 0 Å². The van der Waals surface area contributed by atoms with Gasteiger partial charge in [0.1, 0.15) is 5.82 Å².